The maximum Gasteiger partial charge on any atom is 0.326 e. The Balaban J connectivity index is 1.53. The number of nitrogens with zero attached hydrogens (tertiary/aromatic N) is 1. The van der Waals surface area contributed by atoms with Crippen molar-refractivity contribution in [3.8, 4) is 11.1 Å². The summed E-state index contributed by atoms with van der Waals surface area (Å²) in [5, 5.41) is 12.6. The number of benzene rings is 3. The van der Waals surface area contributed by atoms with Crippen molar-refractivity contribution >= 4 is 23.5 Å². The Morgan fingerprint density at radius 2 is 1.62 bits per heavy atom. The van der Waals surface area contributed by atoms with Crippen LogP contribution in [0.15, 0.2) is 60.7 Å². The Labute approximate surface area is 218 Å². The highest BCUT2D eigenvalue weighted by molar-refractivity contribution is 6.04. The average molecular weight is 499 g/mol. The van der Waals surface area contributed by atoms with Gasteiger partial charge in [-0.15, -0.1) is 0 Å². The van der Waals surface area contributed by atoms with E-state index in [0.29, 0.717) is 23.4 Å². The number of carbonyl (C=O) groups excluding carboxylic acids is 2. The Hall–Kier alpha value is -3.93. The summed E-state index contributed by atoms with van der Waals surface area (Å²) in [4.78, 5) is 39.1. The molecule has 1 aliphatic heterocycles. The van der Waals surface area contributed by atoms with Gasteiger partial charge in [0, 0.05) is 23.4 Å². The predicted molar refractivity (Wildman–Crippen MR) is 146 cm³/mol. The lowest BCUT2D eigenvalue weighted by molar-refractivity contribution is -0.144. The number of anilines is 1. The first-order valence-electron chi connectivity index (χ1n) is 12.6. The molecule has 1 atom stereocenters. The minimum atomic E-state index is -0.991. The third kappa shape index (κ3) is 5.29. The normalized spacial score (nSPS) is 14.0. The van der Waals surface area contributed by atoms with Gasteiger partial charge in [-0.1, -0.05) is 65.0 Å². The van der Waals surface area contributed by atoms with Crippen LogP contribution in [0.2, 0.25) is 0 Å². The molecule has 37 heavy (non-hydrogen) atoms. The summed E-state index contributed by atoms with van der Waals surface area (Å²) in [6.45, 7) is 12.3. The van der Waals surface area contributed by atoms with Gasteiger partial charge >= 0.3 is 5.97 Å². The van der Waals surface area contributed by atoms with Gasteiger partial charge in [0.1, 0.15) is 6.04 Å². The number of amides is 2. The van der Waals surface area contributed by atoms with Crippen LogP contribution >= 0.6 is 0 Å². The minimum absolute atomic E-state index is 0.0226. The van der Waals surface area contributed by atoms with Gasteiger partial charge in [0.05, 0.1) is 0 Å². The van der Waals surface area contributed by atoms with E-state index in [4.69, 9.17) is 0 Å². The van der Waals surface area contributed by atoms with Crippen molar-refractivity contribution in [1.82, 2.24) is 4.90 Å². The van der Waals surface area contributed by atoms with Crippen molar-refractivity contribution in [2.45, 2.75) is 59.5 Å². The highest BCUT2D eigenvalue weighted by Crippen LogP contribution is 2.33. The summed E-state index contributed by atoms with van der Waals surface area (Å²) in [5.74, 6) is -1.61. The molecule has 0 saturated heterocycles. The van der Waals surface area contributed by atoms with Crippen molar-refractivity contribution in [2.75, 3.05) is 5.32 Å². The molecule has 0 aromatic heterocycles. The second-order valence-electron chi connectivity index (χ2n) is 11.1. The molecule has 0 bridgehead atoms. The van der Waals surface area contributed by atoms with E-state index in [1.54, 1.807) is 0 Å². The monoisotopic (exact) mass is 498 g/mol. The highest BCUT2D eigenvalue weighted by atomic mass is 16.4. The molecule has 4 rings (SSSR count). The van der Waals surface area contributed by atoms with Gasteiger partial charge in [0.15, 0.2) is 0 Å². The zero-order valence-electron chi connectivity index (χ0n) is 22.3. The number of aliphatic carboxylic acids is 1. The zero-order valence-corrected chi connectivity index (χ0v) is 22.3. The average Bonchev–Trinajstić information content (AvgIpc) is 3.13. The lowest BCUT2D eigenvalue weighted by atomic mass is 9.86. The van der Waals surface area contributed by atoms with Crippen LogP contribution in [0, 0.1) is 12.8 Å². The van der Waals surface area contributed by atoms with Gasteiger partial charge in [-0.25, -0.2) is 4.79 Å². The van der Waals surface area contributed by atoms with Crippen molar-refractivity contribution < 1.29 is 19.5 Å². The van der Waals surface area contributed by atoms with Gasteiger partial charge in [0.2, 0.25) is 0 Å². The minimum Gasteiger partial charge on any atom is -0.480 e. The van der Waals surface area contributed by atoms with Crippen LogP contribution in [0.25, 0.3) is 11.1 Å². The maximum absolute atomic E-state index is 13.1. The molecule has 2 amide bonds. The summed E-state index contributed by atoms with van der Waals surface area (Å²) in [6.07, 6.45) is 0. The summed E-state index contributed by atoms with van der Waals surface area (Å²) in [7, 11) is 0. The van der Waals surface area contributed by atoms with E-state index in [0.717, 1.165) is 22.3 Å². The van der Waals surface area contributed by atoms with Crippen molar-refractivity contribution in [2.24, 2.45) is 5.92 Å². The van der Waals surface area contributed by atoms with E-state index in [9.17, 15) is 19.5 Å². The second kappa shape index (κ2) is 9.85. The summed E-state index contributed by atoms with van der Waals surface area (Å²) >= 11 is 0. The molecule has 0 saturated carbocycles. The van der Waals surface area contributed by atoms with Gasteiger partial charge in [-0.05, 0) is 76.4 Å². The highest BCUT2D eigenvalue weighted by Gasteiger charge is 2.38. The molecule has 1 heterocycles. The van der Waals surface area contributed by atoms with Crippen LogP contribution in [-0.4, -0.2) is 33.8 Å². The Bertz CT molecular complexity index is 1370. The number of hydrogen-bond donors (Lipinski definition) is 2. The van der Waals surface area contributed by atoms with E-state index in [-0.39, 0.29) is 23.1 Å². The van der Waals surface area contributed by atoms with Crippen LogP contribution in [-0.2, 0) is 16.8 Å². The fraction of sp³-hybridized carbons (Fsp3) is 0.323. The first-order valence-corrected chi connectivity index (χ1v) is 12.6. The molecule has 3 aromatic carbocycles. The van der Waals surface area contributed by atoms with Gasteiger partial charge < -0.3 is 15.3 Å². The summed E-state index contributed by atoms with van der Waals surface area (Å²) < 4.78 is 0. The van der Waals surface area contributed by atoms with Crippen LogP contribution in [0.3, 0.4) is 0 Å². The topological polar surface area (TPSA) is 86.7 Å². The molecule has 6 heteroatoms. The number of nitrogens with one attached hydrogen (secondary N) is 1. The molecule has 1 unspecified atom stereocenters. The molecular weight excluding hydrogens is 464 g/mol. The van der Waals surface area contributed by atoms with Gasteiger partial charge in [-0.3, -0.25) is 9.59 Å². The standard InChI is InChI=1S/C31H34N2O4/c1-18(2)27(30(36)37)33-17-22-8-7-21(16-26(22)29(33)35)25-14-13-24(15-19(25)3)32-28(34)20-9-11-23(12-10-20)31(4,5)6/h7-16,18,27H,17H2,1-6H3,(H,32,34)(H,36,37). The number of carboxylic acid groups (broad SMARTS) is 1. The van der Waals surface area contributed by atoms with Crippen LogP contribution in [0.1, 0.15) is 72.0 Å². The number of hydrogen-bond acceptors (Lipinski definition) is 3. The molecule has 6 nitrogen and oxygen atoms in total. The number of carboxylic acids is 1. The molecular formula is C31H34N2O4. The van der Waals surface area contributed by atoms with Crippen LogP contribution in [0.5, 0.6) is 0 Å². The van der Waals surface area contributed by atoms with E-state index >= 15 is 0 Å². The lowest BCUT2D eigenvalue weighted by Gasteiger charge is -2.27. The van der Waals surface area contributed by atoms with Crippen molar-refractivity contribution in [3.63, 3.8) is 0 Å². The second-order valence-corrected chi connectivity index (χ2v) is 11.1. The number of aryl methyl sites for hydroxylation is 1. The molecule has 0 aliphatic carbocycles. The summed E-state index contributed by atoms with van der Waals surface area (Å²) in [5.41, 5.74) is 6.62. The largest absolute Gasteiger partial charge is 0.480 e. The molecule has 3 aromatic rings. The molecule has 0 spiro atoms. The zero-order chi connectivity index (χ0) is 27.1. The lowest BCUT2D eigenvalue weighted by Crippen LogP contribution is -2.44. The fourth-order valence-electron chi connectivity index (χ4n) is 4.88. The molecule has 0 fully saturated rings. The first kappa shape index (κ1) is 26.1. The van der Waals surface area contributed by atoms with Crippen molar-refractivity contribution in [3.05, 3.63) is 88.5 Å². The predicted octanol–water partition coefficient (Wildman–Crippen LogP) is 6.28. The first-order chi connectivity index (χ1) is 17.4. The van der Waals surface area contributed by atoms with E-state index < -0.39 is 12.0 Å². The smallest absolute Gasteiger partial charge is 0.326 e. The Kier molecular flexibility index (Phi) is 6.96. The quantitative estimate of drug-likeness (QED) is 0.419. The Morgan fingerprint density at radius 1 is 0.946 bits per heavy atom. The molecule has 1 aliphatic rings. The van der Waals surface area contributed by atoms with Crippen molar-refractivity contribution in [1.29, 1.82) is 0 Å². The fourth-order valence-corrected chi connectivity index (χ4v) is 4.88. The summed E-state index contributed by atoms with van der Waals surface area (Å²) in [6, 6.07) is 18.2. The Morgan fingerprint density at radius 3 is 2.19 bits per heavy atom. The third-order valence-corrected chi connectivity index (χ3v) is 6.97. The number of rotatable bonds is 6. The van der Waals surface area contributed by atoms with E-state index in [1.165, 1.54) is 10.5 Å². The molecule has 2 N–H and O–H groups in total. The van der Waals surface area contributed by atoms with E-state index in [2.05, 4.69) is 26.1 Å². The van der Waals surface area contributed by atoms with Gasteiger partial charge in [-0.2, -0.15) is 0 Å². The SMILES string of the molecule is Cc1cc(NC(=O)c2ccc(C(C)(C)C)cc2)ccc1-c1ccc2c(c1)C(=O)N(C(C(=O)O)C(C)C)C2. The van der Waals surface area contributed by atoms with Crippen LogP contribution < -0.4 is 5.32 Å². The number of carbonyl (C=O) groups is 3. The maximum atomic E-state index is 13.1. The van der Waals surface area contributed by atoms with Gasteiger partial charge in [0.25, 0.3) is 11.8 Å². The van der Waals surface area contributed by atoms with E-state index in [1.807, 2.05) is 81.4 Å². The third-order valence-electron chi connectivity index (χ3n) is 6.97. The molecule has 0 radical (unpaired) electrons. The van der Waals surface area contributed by atoms with Crippen LogP contribution in [0.4, 0.5) is 5.69 Å². The molecule has 192 valence electrons. The number of fused-ring (bicyclic) bond motifs is 1.